The Morgan fingerprint density at radius 1 is 1.13 bits per heavy atom. The van der Waals surface area contributed by atoms with E-state index in [1.165, 1.54) is 11.1 Å². The normalized spacial score (nSPS) is 13.4. The van der Waals surface area contributed by atoms with Gasteiger partial charge in [0.1, 0.15) is 6.29 Å². The minimum Gasteiger partial charge on any atom is -0.391 e. The van der Waals surface area contributed by atoms with Gasteiger partial charge in [0.05, 0.1) is 18.2 Å². The Hall–Kier alpha value is -3.19. The molecule has 0 fully saturated rings. The number of aliphatic hydroxyl groups is 1. The third kappa shape index (κ3) is 9.50. The van der Waals surface area contributed by atoms with E-state index in [0.717, 1.165) is 54.7 Å². The minimum atomic E-state index is -1.04. The predicted octanol–water partition coefficient (Wildman–Crippen LogP) is 5.13. The van der Waals surface area contributed by atoms with Gasteiger partial charge in [-0.2, -0.15) is 0 Å². The number of carbonyl (C=O) groups excluding carboxylic acids is 1. The van der Waals surface area contributed by atoms with Gasteiger partial charge in [-0.15, -0.1) is 6.58 Å². The fraction of sp³-hybridized carbons (Fsp3) is 0.424. The molecule has 0 aliphatic heterocycles. The molecular weight excluding hydrogens is 486 g/mol. The number of rotatable bonds is 18. The third-order valence-corrected chi connectivity index (χ3v) is 7.36. The number of methoxy groups -OCH3 is 1. The van der Waals surface area contributed by atoms with E-state index in [2.05, 4.69) is 72.1 Å². The molecule has 6 nitrogen and oxygen atoms in total. The number of nitrogens with one attached hydrogen (secondary N) is 1. The van der Waals surface area contributed by atoms with E-state index in [1.807, 2.05) is 26.2 Å². The molecule has 0 heterocycles. The van der Waals surface area contributed by atoms with Crippen molar-refractivity contribution in [3.05, 3.63) is 107 Å². The predicted molar refractivity (Wildman–Crippen MR) is 162 cm³/mol. The summed E-state index contributed by atoms with van der Waals surface area (Å²) in [6, 6.07) is 14.5. The lowest BCUT2D eigenvalue weighted by Gasteiger charge is -2.34. The van der Waals surface area contributed by atoms with E-state index >= 15 is 0 Å². The number of benzene rings is 2. The van der Waals surface area contributed by atoms with Gasteiger partial charge in [0.25, 0.3) is 0 Å². The second-order valence-corrected chi connectivity index (χ2v) is 10.4. The molecule has 39 heavy (non-hydrogen) atoms. The average molecular weight is 534 g/mol. The van der Waals surface area contributed by atoms with E-state index in [4.69, 9.17) is 4.74 Å². The first-order valence-electron chi connectivity index (χ1n) is 13.6. The average Bonchev–Trinajstić information content (AvgIpc) is 2.94. The molecule has 0 bridgehead atoms. The second kappa shape index (κ2) is 15.4. The lowest BCUT2D eigenvalue weighted by molar-refractivity contribution is 0.0700. The highest BCUT2D eigenvalue weighted by atomic mass is 16.5. The highest BCUT2D eigenvalue weighted by molar-refractivity contribution is 5.78. The summed E-state index contributed by atoms with van der Waals surface area (Å²) in [5, 5.41) is 13.8. The molecule has 0 saturated carbocycles. The van der Waals surface area contributed by atoms with Crippen LogP contribution < -0.4 is 5.32 Å². The SMILES string of the molecule is C=CC(C)(O)CC(C(=C)NC)N(C)Cc1c(C=O)cccc1CCc1ccc(CN(CC)C(=C)COC)cc1. The van der Waals surface area contributed by atoms with Crippen molar-refractivity contribution in [1.29, 1.82) is 0 Å². The van der Waals surface area contributed by atoms with Crippen molar-refractivity contribution in [2.45, 2.75) is 57.8 Å². The van der Waals surface area contributed by atoms with E-state index in [9.17, 15) is 9.90 Å². The maximum atomic E-state index is 12.0. The number of hydrogen-bond donors (Lipinski definition) is 2. The maximum absolute atomic E-state index is 12.0. The Bertz CT molecular complexity index is 1110. The summed E-state index contributed by atoms with van der Waals surface area (Å²) in [6.45, 7) is 18.7. The summed E-state index contributed by atoms with van der Waals surface area (Å²) in [6.07, 6.45) is 4.61. The first-order chi connectivity index (χ1) is 18.6. The lowest BCUT2D eigenvalue weighted by atomic mass is 9.92. The third-order valence-electron chi connectivity index (χ3n) is 7.36. The number of carbonyl (C=O) groups is 1. The Labute approximate surface area is 235 Å². The zero-order chi connectivity index (χ0) is 29.0. The van der Waals surface area contributed by atoms with E-state index in [0.29, 0.717) is 25.1 Å². The zero-order valence-corrected chi connectivity index (χ0v) is 24.5. The summed E-state index contributed by atoms with van der Waals surface area (Å²) in [4.78, 5) is 16.3. The monoisotopic (exact) mass is 533 g/mol. The van der Waals surface area contributed by atoms with Gasteiger partial charge in [-0.05, 0) is 56.0 Å². The van der Waals surface area contributed by atoms with Crippen LogP contribution in [0.25, 0.3) is 0 Å². The molecule has 6 heteroatoms. The van der Waals surface area contributed by atoms with Gasteiger partial charge in [0.15, 0.2) is 0 Å². The van der Waals surface area contributed by atoms with Crippen LogP contribution in [0.3, 0.4) is 0 Å². The topological polar surface area (TPSA) is 65.0 Å². The first kappa shape index (κ1) is 32.0. The Kier molecular flexibility index (Phi) is 12.7. The molecule has 0 amide bonds. The quantitative estimate of drug-likeness (QED) is 0.205. The molecule has 2 N–H and O–H groups in total. The molecule has 0 aromatic heterocycles. The summed E-state index contributed by atoms with van der Waals surface area (Å²) in [7, 11) is 5.52. The van der Waals surface area contributed by atoms with Gasteiger partial charge < -0.3 is 20.1 Å². The molecule has 0 radical (unpaired) electrons. The maximum Gasteiger partial charge on any atom is 0.150 e. The fourth-order valence-corrected chi connectivity index (χ4v) is 4.75. The summed E-state index contributed by atoms with van der Waals surface area (Å²) >= 11 is 0. The number of likely N-dealkylation sites (N-methyl/N-ethyl adjacent to an activating group) is 3. The standard InChI is InChI=1S/C33H47N3O3/c1-9-33(5,38)20-32(26(4)34-6)35(7)22-31-29(12-11-13-30(31)23-37)19-18-27-14-16-28(17-15-27)21-36(10-2)25(3)24-39-8/h9,11-17,23,32,34,38H,1,3-4,10,18-22,24H2,2,5-8H3. The Balaban J connectivity index is 2.18. The minimum absolute atomic E-state index is 0.147. The summed E-state index contributed by atoms with van der Waals surface area (Å²) in [5.74, 6) is 0. The van der Waals surface area contributed by atoms with Gasteiger partial charge in [-0.3, -0.25) is 9.69 Å². The van der Waals surface area contributed by atoms with Gasteiger partial charge in [-0.1, -0.05) is 61.7 Å². The van der Waals surface area contributed by atoms with Gasteiger partial charge in [0.2, 0.25) is 0 Å². The molecule has 2 rings (SSSR count). The van der Waals surface area contributed by atoms with Gasteiger partial charge in [0, 0.05) is 57.2 Å². The molecule has 0 aliphatic carbocycles. The van der Waals surface area contributed by atoms with Crippen LogP contribution in [0.4, 0.5) is 0 Å². The first-order valence-corrected chi connectivity index (χ1v) is 13.6. The highest BCUT2D eigenvalue weighted by Crippen LogP contribution is 2.25. The molecule has 0 aliphatic rings. The number of hydrogen-bond acceptors (Lipinski definition) is 6. The van der Waals surface area contributed by atoms with E-state index in [-0.39, 0.29) is 6.04 Å². The van der Waals surface area contributed by atoms with Crippen molar-refractivity contribution >= 4 is 6.29 Å². The van der Waals surface area contributed by atoms with Gasteiger partial charge in [-0.25, -0.2) is 0 Å². The zero-order valence-electron chi connectivity index (χ0n) is 24.5. The van der Waals surface area contributed by atoms with Crippen LogP contribution in [0.1, 0.15) is 52.9 Å². The van der Waals surface area contributed by atoms with Crippen molar-refractivity contribution in [2.75, 3.05) is 34.4 Å². The van der Waals surface area contributed by atoms with Crippen LogP contribution in [0, 0.1) is 0 Å². The van der Waals surface area contributed by atoms with Crippen molar-refractivity contribution in [3.8, 4) is 0 Å². The molecule has 0 spiro atoms. The molecule has 2 aromatic carbocycles. The van der Waals surface area contributed by atoms with Crippen LogP contribution in [0.5, 0.6) is 0 Å². The summed E-state index contributed by atoms with van der Waals surface area (Å²) < 4.78 is 5.24. The number of aldehydes is 1. The van der Waals surface area contributed by atoms with Crippen molar-refractivity contribution < 1.29 is 14.6 Å². The molecule has 2 unspecified atom stereocenters. The van der Waals surface area contributed by atoms with E-state index < -0.39 is 5.60 Å². The molecule has 2 atom stereocenters. The molecule has 212 valence electrons. The van der Waals surface area contributed by atoms with Crippen molar-refractivity contribution in [2.24, 2.45) is 0 Å². The summed E-state index contributed by atoms with van der Waals surface area (Å²) in [5.41, 5.74) is 6.06. The molecular formula is C33H47N3O3. The molecule has 0 saturated heterocycles. The van der Waals surface area contributed by atoms with Crippen LogP contribution in [0.2, 0.25) is 0 Å². The van der Waals surface area contributed by atoms with Crippen LogP contribution in [-0.4, -0.2) is 67.2 Å². The Morgan fingerprint density at radius 2 is 1.79 bits per heavy atom. The lowest BCUT2D eigenvalue weighted by Crippen LogP contribution is -2.42. The number of aryl methyl sites for hydroxylation is 2. The van der Waals surface area contributed by atoms with Crippen LogP contribution >= 0.6 is 0 Å². The smallest absolute Gasteiger partial charge is 0.150 e. The van der Waals surface area contributed by atoms with Crippen molar-refractivity contribution in [3.63, 3.8) is 0 Å². The molecule has 2 aromatic rings. The van der Waals surface area contributed by atoms with Gasteiger partial charge >= 0.3 is 0 Å². The fourth-order valence-electron chi connectivity index (χ4n) is 4.75. The number of nitrogens with zero attached hydrogens (tertiary/aromatic N) is 2. The van der Waals surface area contributed by atoms with Crippen LogP contribution in [-0.2, 0) is 30.7 Å². The second-order valence-electron chi connectivity index (χ2n) is 10.4. The largest absolute Gasteiger partial charge is 0.391 e. The van der Waals surface area contributed by atoms with Crippen LogP contribution in [0.15, 0.2) is 79.7 Å². The Morgan fingerprint density at radius 3 is 2.36 bits per heavy atom. The van der Waals surface area contributed by atoms with Crippen molar-refractivity contribution in [1.82, 2.24) is 15.1 Å². The van der Waals surface area contributed by atoms with E-state index in [1.54, 1.807) is 20.1 Å². The number of ether oxygens (including phenoxy) is 1. The highest BCUT2D eigenvalue weighted by Gasteiger charge is 2.28.